The summed E-state index contributed by atoms with van der Waals surface area (Å²) in [7, 11) is -9.74. The molecule has 0 spiro atoms. The Balaban J connectivity index is 0.753. The molecule has 11 heterocycles. The molecule has 0 bridgehead atoms. The van der Waals surface area contributed by atoms with E-state index >= 15 is 0 Å². The van der Waals surface area contributed by atoms with Crippen LogP contribution in [0.1, 0.15) is 132 Å². The van der Waals surface area contributed by atoms with Gasteiger partial charge in [-0.05, 0) is 97.3 Å². The average Bonchev–Trinajstić information content (AvgIpc) is 3.46. The maximum absolute atomic E-state index is 12.3. The van der Waals surface area contributed by atoms with Crippen LogP contribution in [0.4, 0.5) is 0 Å². The van der Waals surface area contributed by atoms with Crippen molar-refractivity contribution >= 4 is 26.6 Å². The summed E-state index contributed by atoms with van der Waals surface area (Å²) in [6, 6.07) is 0. The van der Waals surface area contributed by atoms with E-state index in [9.17, 15) is 36.4 Å². The van der Waals surface area contributed by atoms with Crippen LogP contribution < -0.4 is 0 Å². The Hall–Kier alpha value is -1.63. The first-order valence-electron chi connectivity index (χ1n) is 27.4. The molecule has 0 saturated carbocycles. The molecule has 0 amide bonds. The summed E-state index contributed by atoms with van der Waals surface area (Å²) in [5, 5.41) is 23.7. The molecule has 430 valence electrons. The molecule has 11 aliphatic heterocycles. The van der Waals surface area contributed by atoms with Crippen LogP contribution in [0.25, 0.3) is 0 Å². The monoisotopic (exact) mass is 1120 g/mol. The highest BCUT2D eigenvalue weighted by molar-refractivity contribution is 7.81. The van der Waals surface area contributed by atoms with Crippen LogP contribution in [0.2, 0.25) is 0 Å². The van der Waals surface area contributed by atoms with E-state index in [-0.39, 0.29) is 73.4 Å². The number of ketones is 1. The molecule has 0 aromatic heterocycles. The Morgan fingerprint density at radius 1 is 0.684 bits per heavy atom. The van der Waals surface area contributed by atoms with Gasteiger partial charge in [0.05, 0.1) is 121 Å². The minimum Gasteiger partial charge on any atom is -0.387 e. The standard InChI is InChI=1S/C52H78O22S2/c1-25-9-13-50(6)41(67-38-21-39-45(70-44(25)38)46(54)52(8)43(68-39)23-35-36(72-52)17-26(2)47(69-35)48(4,55)12-10-27(3)53)24-40-51(7,74-50)14-11-28-29(66-40)18-31-30(63-28)19-32-33(64-31)20-37-34(65-32)22-42(73-76(59,60)61)49(5,71-37)15-16-62-75(56,57)58/h10,12,25,28-47,54-55H,2,9,11,13-24H2,1,3-8H3,(H,56,57,58)(H,59,60,61)/b12-10+/t25-,28-,29+,30+,31-,32-,33+,34+,35+,36-,37-,38-,39+,40-,41+,42-,43-,44+,45+,46+,47-,48+,49+,50-,51+,52-/m0/s1. The minimum atomic E-state index is -4.95. The van der Waals surface area contributed by atoms with Gasteiger partial charge in [0, 0.05) is 51.4 Å². The van der Waals surface area contributed by atoms with Crippen molar-refractivity contribution in [3.63, 3.8) is 0 Å². The largest absolute Gasteiger partial charge is 0.397 e. The van der Waals surface area contributed by atoms with Gasteiger partial charge in [0.25, 0.3) is 0 Å². The Labute approximate surface area is 445 Å². The first-order chi connectivity index (χ1) is 35.5. The smallest absolute Gasteiger partial charge is 0.387 e. The molecule has 11 rings (SSSR count). The van der Waals surface area contributed by atoms with Gasteiger partial charge < -0.3 is 62.3 Å². The van der Waals surface area contributed by atoms with Gasteiger partial charge in [-0.2, -0.15) is 16.8 Å². The molecule has 0 unspecified atom stereocenters. The predicted molar refractivity (Wildman–Crippen MR) is 262 cm³/mol. The summed E-state index contributed by atoms with van der Waals surface area (Å²) >= 11 is 0. The number of carbonyl (C=O) groups excluding carboxylic acids is 1. The third-order valence-corrected chi connectivity index (χ3v) is 20.2. The maximum Gasteiger partial charge on any atom is 0.397 e. The molecule has 4 N–H and O–H groups in total. The van der Waals surface area contributed by atoms with E-state index in [0.29, 0.717) is 69.8 Å². The van der Waals surface area contributed by atoms with Crippen molar-refractivity contribution in [3.05, 3.63) is 24.3 Å². The van der Waals surface area contributed by atoms with Gasteiger partial charge in [-0.15, -0.1) is 0 Å². The number of fused-ring (bicyclic) bond motifs is 10. The molecule has 0 aromatic carbocycles. The lowest BCUT2D eigenvalue weighted by Gasteiger charge is -2.61. The van der Waals surface area contributed by atoms with Crippen LogP contribution in [-0.4, -0.2) is 199 Å². The number of rotatable bonds is 9. The summed E-state index contributed by atoms with van der Waals surface area (Å²) in [5.74, 6) is -0.139. The van der Waals surface area contributed by atoms with Crippen LogP contribution in [0.5, 0.6) is 0 Å². The van der Waals surface area contributed by atoms with Crippen LogP contribution in [-0.2, 0) is 86.1 Å². The highest BCUT2D eigenvalue weighted by atomic mass is 32.3. The van der Waals surface area contributed by atoms with Crippen molar-refractivity contribution < 1.29 is 101 Å². The Kier molecular flexibility index (Phi) is 14.9. The summed E-state index contributed by atoms with van der Waals surface area (Å²) in [5.41, 5.74) is -4.75. The quantitative estimate of drug-likeness (QED) is 0.146. The molecular formula is C52H78O22S2. The molecule has 24 heteroatoms. The zero-order valence-electron chi connectivity index (χ0n) is 44.3. The highest BCUT2D eigenvalue weighted by Crippen LogP contribution is 2.54. The highest BCUT2D eigenvalue weighted by Gasteiger charge is 2.65. The second-order valence-electron chi connectivity index (χ2n) is 25.0. The number of hydrogen-bond donors (Lipinski definition) is 4. The Bertz CT molecular complexity index is 2480. The van der Waals surface area contributed by atoms with Gasteiger partial charge >= 0.3 is 20.8 Å². The van der Waals surface area contributed by atoms with E-state index in [2.05, 4.69) is 31.5 Å². The third-order valence-electron chi connectivity index (χ3n) is 19.2. The molecular weight excluding hydrogens is 1040 g/mol. The van der Waals surface area contributed by atoms with Crippen molar-refractivity contribution in [1.82, 2.24) is 0 Å². The van der Waals surface area contributed by atoms with Gasteiger partial charge in [-0.25, -0.2) is 8.37 Å². The molecule has 11 saturated heterocycles. The summed E-state index contributed by atoms with van der Waals surface area (Å²) in [6.45, 7) is 16.5. The second kappa shape index (κ2) is 20.1. The fourth-order valence-corrected chi connectivity index (χ4v) is 15.9. The zero-order chi connectivity index (χ0) is 54.3. The van der Waals surface area contributed by atoms with Crippen molar-refractivity contribution in [2.75, 3.05) is 6.61 Å². The van der Waals surface area contributed by atoms with Crippen molar-refractivity contribution in [2.45, 2.75) is 282 Å². The van der Waals surface area contributed by atoms with E-state index in [1.807, 2.05) is 6.92 Å². The number of aliphatic hydroxyl groups excluding tert-OH is 1. The number of allylic oxidation sites excluding steroid dienone is 1. The van der Waals surface area contributed by atoms with Crippen molar-refractivity contribution in [1.29, 1.82) is 0 Å². The van der Waals surface area contributed by atoms with Crippen LogP contribution >= 0.6 is 0 Å². The molecule has 0 radical (unpaired) electrons. The van der Waals surface area contributed by atoms with E-state index in [1.165, 1.54) is 26.0 Å². The zero-order valence-corrected chi connectivity index (χ0v) is 46.0. The molecule has 76 heavy (non-hydrogen) atoms. The fraction of sp³-hybridized carbons (Fsp3) is 0.904. The maximum atomic E-state index is 12.3. The van der Waals surface area contributed by atoms with E-state index < -0.39 is 129 Å². The van der Waals surface area contributed by atoms with E-state index in [1.54, 1.807) is 6.92 Å². The Morgan fingerprint density at radius 2 is 1.24 bits per heavy atom. The minimum absolute atomic E-state index is 0.00108. The van der Waals surface area contributed by atoms with Gasteiger partial charge in [0.2, 0.25) is 0 Å². The molecule has 26 atom stereocenters. The lowest BCUT2D eigenvalue weighted by molar-refractivity contribution is -0.369. The molecule has 11 aliphatic rings. The van der Waals surface area contributed by atoms with Gasteiger partial charge in [-0.1, -0.05) is 13.5 Å². The van der Waals surface area contributed by atoms with Gasteiger partial charge in [0.1, 0.15) is 35.6 Å². The topological polar surface area (TPSA) is 286 Å². The van der Waals surface area contributed by atoms with Crippen molar-refractivity contribution in [3.8, 4) is 0 Å². The average molecular weight is 1120 g/mol. The molecule has 11 fully saturated rings. The van der Waals surface area contributed by atoms with Crippen LogP contribution in [0, 0.1) is 5.92 Å². The predicted octanol–water partition coefficient (Wildman–Crippen LogP) is 3.52. The Morgan fingerprint density at radius 3 is 1.88 bits per heavy atom. The van der Waals surface area contributed by atoms with Crippen LogP contribution in [0.3, 0.4) is 0 Å². The van der Waals surface area contributed by atoms with Crippen LogP contribution in [0.15, 0.2) is 24.3 Å². The first-order valence-corrected chi connectivity index (χ1v) is 30.1. The van der Waals surface area contributed by atoms with Gasteiger partial charge in [-0.3, -0.25) is 13.9 Å². The molecule has 0 aliphatic carbocycles. The van der Waals surface area contributed by atoms with Crippen molar-refractivity contribution in [2.24, 2.45) is 5.92 Å². The second-order valence-corrected chi connectivity index (χ2v) is 27.1. The van der Waals surface area contributed by atoms with Gasteiger partial charge in [0.15, 0.2) is 5.78 Å². The summed E-state index contributed by atoms with van der Waals surface area (Å²) < 4.78 is 150. The molecule has 22 nitrogen and oxygen atoms in total. The fourth-order valence-electron chi connectivity index (χ4n) is 15.0. The lowest BCUT2D eigenvalue weighted by atomic mass is 9.73. The summed E-state index contributed by atoms with van der Waals surface area (Å²) in [6.07, 6.45) is -1.81. The molecule has 0 aromatic rings. The first kappa shape index (κ1) is 56.2. The van der Waals surface area contributed by atoms with E-state index in [0.717, 1.165) is 6.42 Å². The lowest BCUT2D eigenvalue weighted by Crippen LogP contribution is -2.74. The SMILES string of the molecule is C=C1C[C@@H]2O[C@@]3(C)[C@H](C[C@H]2O[C@@H]1[C@](C)(O)/C=C/C(C)=O)O[C@@H]1C[C@@H]2O[C@@H]4C[C@@H]5O[C@@H]6C[C@@H]7O[C@@H]8C[C@@H]9O[C@](C)(CCOS(=O)(=O)O)[C@@H](OS(=O)(=O)O)C[C@H]9O[C@H]8C[C@H]7O[C@H]6CC[C@@]5(C)O[C@@]4(C)CC[C@H](C)[C@H]2O[C@H]1[C@H]3O. The normalized spacial score (nSPS) is 52.1. The third kappa shape index (κ3) is 10.7. The number of carbonyl (C=O) groups is 1. The summed E-state index contributed by atoms with van der Waals surface area (Å²) in [4.78, 5) is 11.8. The number of hydrogen-bond acceptors (Lipinski definition) is 20. The van der Waals surface area contributed by atoms with E-state index in [4.69, 9.17) is 60.8 Å². The number of ether oxygens (including phenoxy) is 11. The number of aliphatic hydroxyl groups is 2.